The van der Waals surface area contributed by atoms with Crippen molar-refractivity contribution in [2.45, 2.75) is 32.0 Å². The molecule has 3 heterocycles. The molecule has 0 saturated carbocycles. The number of hydrogen-bond donors (Lipinski definition) is 4. The maximum Gasteiger partial charge on any atom is 0.325 e. The number of rotatable bonds is 5. The van der Waals surface area contributed by atoms with Gasteiger partial charge in [-0.3, -0.25) is 30.6 Å². The number of nitrogens with zero attached hydrogens (tertiary/aromatic N) is 2. The minimum atomic E-state index is -0.410. The maximum atomic E-state index is 12.9. The maximum absolute atomic E-state index is 12.9. The predicted molar refractivity (Wildman–Crippen MR) is 104 cm³/mol. The fourth-order valence-corrected chi connectivity index (χ4v) is 3.60. The van der Waals surface area contributed by atoms with E-state index in [1.165, 1.54) is 4.90 Å². The van der Waals surface area contributed by atoms with Crippen molar-refractivity contribution in [1.82, 2.24) is 31.2 Å². The van der Waals surface area contributed by atoms with E-state index in [4.69, 9.17) is 0 Å². The van der Waals surface area contributed by atoms with E-state index in [2.05, 4.69) is 26.3 Å². The fourth-order valence-electron chi connectivity index (χ4n) is 3.60. The molecule has 0 bridgehead atoms. The summed E-state index contributed by atoms with van der Waals surface area (Å²) >= 11 is 0. The van der Waals surface area contributed by atoms with Crippen molar-refractivity contribution < 1.29 is 9.59 Å². The lowest BCUT2D eigenvalue weighted by molar-refractivity contribution is -0.137. The Balaban J connectivity index is 1.38. The zero-order valence-electron chi connectivity index (χ0n) is 15.6. The number of carbonyl (C=O) groups is 2. The molecule has 4 N–H and O–H groups in total. The number of carbonyl (C=O) groups excluding carboxylic acids is 2. The molecule has 4 rings (SSSR count). The monoisotopic (exact) mass is 380 g/mol. The van der Waals surface area contributed by atoms with Gasteiger partial charge in [0.25, 0.3) is 0 Å². The lowest BCUT2D eigenvalue weighted by atomic mass is 9.99. The first kappa shape index (κ1) is 18.5. The Kier molecular flexibility index (Phi) is 5.34. The second kappa shape index (κ2) is 8.05. The van der Waals surface area contributed by atoms with Gasteiger partial charge in [-0.2, -0.15) is 0 Å². The largest absolute Gasteiger partial charge is 0.325 e. The predicted octanol–water partition coefficient (Wildman–Crippen LogP) is 0.903. The average molecular weight is 380 g/mol. The number of pyridine rings is 1. The summed E-state index contributed by atoms with van der Waals surface area (Å²) in [6.07, 6.45) is 2.91. The summed E-state index contributed by atoms with van der Waals surface area (Å²) < 4.78 is 0. The molecule has 0 spiro atoms. The zero-order chi connectivity index (χ0) is 19.5. The first-order valence-corrected chi connectivity index (χ1v) is 9.43. The van der Waals surface area contributed by atoms with E-state index >= 15 is 0 Å². The van der Waals surface area contributed by atoms with Crippen LogP contribution in [0.2, 0.25) is 0 Å². The molecule has 1 aromatic carbocycles. The first-order chi connectivity index (χ1) is 13.6. The molecule has 8 heteroatoms. The molecule has 4 unspecified atom stereocenters. The minimum Gasteiger partial charge on any atom is -0.321 e. The highest BCUT2D eigenvalue weighted by Crippen LogP contribution is 2.19. The lowest BCUT2D eigenvalue weighted by Crippen LogP contribution is -2.74. The Morgan fingerprint density at radius 1 is 1.21 bits per heavy atom. The first-order valence-electron chi connectivity index (χ1n) is 9.43. The summed E-state index contributed by atoms with van der Waals surface area (Å²) in [6.45, 7) is 2.78. The molecule has 0 radical (unpaired) electrons. The molecule has 0 aliphatic carbocycles. The van der Waals surface area contributed by atoms with Gasteiger partial charge in [0.15, 0.2) is 0 Å². The molecule has 3 amide bonds. The quantitative estimate of drug-likeness (QED) is 0.615. The van der Waals surface area contributed by atoms with Gasteiger partial charge in [0, 0.05) is 25.0 Å². The van der Waals surface area contributed by atoms with Crippen molar-refractivity contribution >= 4 is 11.9 Å². The summed E-state index contributed by atoms with van der Waals surface area (Å²) in [6, 6.07) is 13.1. The zero-order valence-corrected chi connectivity index (χ0v) is 15.6. The van der Waals surface area contributed by atoms with Crippen molar-refractivity contribution in [3.63, 3.8) is 0 Å². The number of nitrogens with one attached hydrogen (secondary N) is 4. The van der Waals surface area contributed by atoms with Crippen LogP contribution in [-0.4, -0.2) is 40.8 Å². The molecule has 28 heavy (non-hydrogen) atoms. The minimum absolute atomic E-state index is 0.0554. The Labute approximate surface area is 163 Å². The van der Waals surface area contributed by atoms with Gasteiger partial charge in [-0.1, -0.05) is 36.4 Å². The number of aromatic nitrogens is 1. The van der Waals surface area contributed by atoms with Crippen molar-refractivity contribution in [3.05, 3.63) is 66.0 Å². The molecular formula is C20H24N6O2. The summed E-state index contributed by atoms with van der Waals surface area (Å²) in [5, 5.41) is 12.9. The standard InChI is InChI=1S/C20H24N6O2/c1-13(15-8-5-9-21-10-15)23-19-22-11-16-17(24-19)25-20(28)26(18(16)27)12-14-6-3-2-4-7-14/h2-10,13,16-17,19,22-24H,11-12H2,1H3,(H,25,28). The third kappa shape index (κ3) is 3.89. The van der Waals surface area contributed by atoms with Crippen LogP contribution in [0.5, 0.6) is 0 Å². The van der Waals surface area contributed by atoms with Crippen molar-refractivity contribution in [3.8, 4) is 0 Å². The third-order valence-corrected chi connectivity index (χ3v) is 5.18. The molecule has 2 saturated heterocycles. The van der Waals surface area contributed by atoms with E-state index in [1.807, 2.05) is 55.6 Å². The van der Waals surface area contributed by atoms with Gasteiger partial charge in [0.05, 0.1) is 18.6 Å². The van der Waals surface area contributed by atoms with Crippen molar-refractivity contribution in [2.75, 3.05) is 6.54 Å². The molecule has 4 atom stereocenters. The van der Waals surface area contributed by atoms with Crippen LogP contribution in [0.15, 0.2) is 54.9 Å². The molecule has 146 valence electrons. The lowest BCUT2D eigenvalue weighted by Gasteiger charge is -2.44. The smallest absolute Gasteiger partial charge is 0.321 e. The highest BCUT2D eigenvalue weighted by molar-refractivity contribution is 5.98. The van der Waals surface area contributed by atoms with Crippen LogP contribution < -0.4 is 21.3 Å². The number of benzene rings is 1. The molecule has 2 aliphatic heterocycles. The number of urea groups is 1. The number of amides is 3. The molecule has 8 nitrogen and oxygen atoms in total. The van der Waals surface area contributed by atoms with Crippen molar-refractivity contribution in [2.24, 2.45) is 5.92 Å². The second-order valence-electron chi connectivity index (χ2n) is 7.13. The van der Waals surface area contributed by atoms with E-state index in [-0.39, 0.29) is 36.7 Å². The van der Waals surface area contributed by atoms with Gasteiger partial charge in [0.2, 0.25) is 5.91 Å². The molecule has 2 aromatic rings. The molecular weight excluding hydrogens is 356 g/mol. The molecule has 2 aliphatic rings. The highest BCUT2D eigenvalue weighted by atomic mass is 16.2. The number of hydrogen-bond acceptors (Lipinski definition) is 6. The van der Waals surface area contributed by atoms with Gasteiger partial charge in [-0.05, 0) is 24.1 Å². The van der Waals surface area contributed by atoms with Gasteiger partial charge < -0.3 is 5.32 Å². The second-order valence-corrected chi connectivity index (χ2v) is 7.13. The van der Waals surface area contributed by atoms with E-state index in [0.29, 0.717) is 6.54 Å². The van der Waals surface area contributed by atoms with Gasteiger partial charge in [0.1, 0.15) is 6.29 Å². The van der Waals surface area contributed by atoms with Crippen LogP contribution in [-0.2, 0) is 11.3 Å². The normalized spacial score (nSPS) is 25.8. The highest BCUT2D eigenvalue weighted by Gasteiger charge is 2.44. The Hall–Kier alpha value is -2.81. The molecule has 2 fully saturated rings. The van der Waals surface area contributed by atoms with Crippen LogP contribution in [0.25, 0.3) is 0 Å². The number of imide groups is 1. The van der Waals surface area contributed by atoms with E-state index in [9.17, 15) is 9.59 Å². The van der Waals surface area contributed by atoms with Crippen LogP contribution >= 0.6 is 0 Å². The summed E-state index contributed by atoms with van der Waals surface area (Å²) in [7, 11) is 0. The summed E-state index contributed by atoms with van der Waals surface area (Å²) in [4.78, 5) is 30.8. The Morgan fingerprint density at radius 3 is 2.79 bits per heavy atom. The van der Waals surface area contributed by atoms with Crippen molar-refractivity contribution in [1.29, 1.82) is 0 Å². The van der Waals surface area contributed by atoms with Gasteiger partial charge >= 0.3 is 6.03 Å². The summed E-state index contributed by atoms with van der Waals surface area (Å²) in [5.41, 5.74) is 1.98. The van der Waals surface area contributed by atoms with Gasteiger partial charge in [-0.25, -0.2) is 4.79 Å². The molecule has 1 aromatic heterocycles. The SMILES string of the molecule is CC(NC1NCC2C(=O)N(Cc3ccccc3)C(=O)NC2N1)c1cccnc1. The average Bonchev–Trinajstić information content (AvgIpc) is 2.72. The van der Waals surface area contributed by atoms with E-state index in [0.717, 1.165) is 11.1 Å². The van der Waals surface area contributed by atoms with Crippen LogP contribution in [0, 0.1) is 5.92 Å². The Morgan fingerprint density at radius 2 is 2.04 bits per heavy atom. The third-order valence-electron chi connectivity index (χ3n) is 5.18. The van der Waals surface area contributed by atoms with Crippen LogP contribution in [0.4, 0.5) is 4.79 Å². The topological polar surface area (TPSA) is 98.4 Å². The number of fused-ring (bicyclic) bond motifs is 1. The van der Waals surface area contributed by atoms with Crippen LogP contribution in [0.3, 0.4) is 0 Å². The van der Waals surface area contributed by atoms with E-state index < -0.39 is 6.17 Å². The fraction of sp³-hybridized carbons (Fsp3) is 0.350. The van der Waals surface area contributed by atoms with Crippen LogP contribution in [0.1, 0.15) is 24.1 Å². The summed E-state index contributed by atoms with van der Waals surface area (Å²) in [5.74, 6) is -0.524. The van der Waals surface area contributed by atoms with Gasteiger partial charge in [-0.15, -0.1) is 0 Å². The van der Waals surface area contributed by atoms with E-state index in [1.54, 1.807) is 6.20 Å². The Bertz CT molecular complexity index is 831.